The molecule has 5 nitrogen and oxygen atoms in total. The number of para-hydroxylation sites is 1. The number of ether oxygens (including phenoxy) is 2. The summed E-state index contributed by atoms with van der Waals surface area (Å²) in [7, 11) is 3.48. The van der Waals surface area contributed by atoms with Crippen LogP contribution < -0.4 is 20.1 Å². The van der Waals surface area contributed by atoms with Gasteiger partial charge in [0.15, 0.2) is 11.5 Å². The molecule has 0 unspecified atom stereocenters. The normalized spacial score (nSPS) is 10.1. The fourth-order valence-corrected chi connectivity index (χ4v) is 1.75. The Kier molecular flexibility index (Phi) is 6.74. The SMILES string of the molecule is CCNC(=O)CCOc1c(CNC)cccc1OC. The van der Waals surface area contributed by atoms with Crippen LogP contribution in [0.4, 0.5) is 0 Å². The van der Waals surface area contributed by atoms with Crippen molar-refractivity contribution in [2.75, 3.05) is 27.3 Å². The number of amides is 1. The van der Waals surface area contributed by atoms with E-state index in [2.05, 4.69) is 10.6 Å². The highest BCUT2D eigenvalue weighted by Crippen LogP contribution is 2.31. The van der Waals surface area contributed by atoms with Crippen molar-refractivity contribution in [1.29, 1.82) is 0 Å². The molecule has 5 heteroatoms. The molecule has 1 aromatic rings. The quantitative estimate of drug-likeness (QED) is 0.745. The summed E-state index contributed by atoms with van der Waals surface area (Å²) < 4.78 is 11.0. The van der Waals surface area contributed by atoms with Gasteiger partial charge in [0.1, 0.15) is 0 Å². The number of hydrogen-bond donors (Lipinski definition) is 2. The molecule has 0 bridgehead atoms. The maximum Gasteiger partial charge on any atom is 0.223 e. The van der Waals surface area contributed by atoms with Crippen LogP contribution in [0, 0.1) is 0 Å². The first-order valence-electron chi connectivity index (χ1n) is 6.42. The molecule has 1 aromatic carbocycles. The van der Waals surface area contributed by atoms with Crippen LogP contribution in [0.3, 0.4) is 0 Å². The Morgan fingerprint density at radius 1 is 1.37 bits per heavy atom. The van der Waals surface area contributed by atoms with Crippen LogP contribution in [-0.4, -0.2) is 33.2 Å². The fraction of sp³-hybridized carbons (Fsp3) is 0.500. The molecule has 1 amide bonds. The average Bonchev–Trinajstić information content (AvgIpc) is 2.41. The van der Waals surface area contributed by atoms with Gasteiger partial charge in [0.05, 0.1) is 20.1 Å². The predicted molar refractivity (Wildman–Crippen MR) is 74.6 cm³/mol. The second-order valence-electron chi connectivity index (χ2n) is 4.03. The summed E-state index contributed by atoms with van der Waals surface area (Å²) in [6, 6.07) is 5.74. The number of methoxy groups -OCH3 is 1. The summed E-state index contributed by atoms with van der Waals surface area (Å²) >= 11 is 0. The molecule has 0 spiro atoms. The van der Waals surface area contributed by atoms with Gasteiger partial charge in [-0.05, 0) is 20.0 Å². The summed E-state index contributed by atoms with van der Waals surface area (Å²) in [6.07, 6.45) is 0.338. The predicted octanol–water partition coefficient (Wildman–Crippen LogP) is 1.32. The van der Waals surface area contributed by atoms with Gasteiger partial charge in [-0.25, -0.2) is 0 Å². The maximum atomic E-state index is 11.4. The molecule has 0 atom stereocenters. The zero-order chi connectivity index (χ0) is 14.1. The Bertz CT molecular complexity index is 408. The van der Waals surface area contributed by atoms with Crippen LogP contribution in [0.25, 0.3) is 0 Å². The molecule has 0 aromatic heterocycles. The molecule has 1 rings (SSSR count). The summed E-state index contributed by atoms with van der Waals surface area (Å²) in [5, 5.41) is 5.82. The second-order valence-corrected chi connectivity index (χ2v) is 4.03. The highest BCUT2D eigenvalue weighted by molar-refractivity contribution is 5.75. The lowest BCUT2D eigenvalue weighted by molar-refractivity contribution is -0.121. The van der Waals surface area contributed by atoms with Crippen LogP contribution in [0.5, 0.6) is 11.5 Å². The zero-order valence-electron chi connectivity index (χ0n) is 11.8. The van der Waals surface area contributed by atoms with Crippen molar-refractivity contribution < 1.29 is 14.3 Å². The molecular formula is C14H22N2O3. The lowest BCUT2D eigenvalue weighted by Crippen LogP contribution is -2.24. The van der Waals surface area contributed by atoms with Gasteiger partial charge >= 0.3 is 0 Å². The van der Waals surface area contributed by atoms with Gasteiger partial charge in [-0.1, -0.05) is 12.1 Å². The Morgan fingerprint density at radius 2 is 2.16 bits per heavy atom. The van der Waals surface area contributed by atoms with Gasteiger partial charge < -0.3 is 20.1 Å². The van der Waals surface area contributed by atoms with Gasteiger partial charge in [-0.3, -0.25) is 4.79 Å². The number of rotatable bonds is 8. The molecule has 0 aliphatic carbocycles. The van der Waals surface area contributed by atoms with Crippen LogP contribution in [-0.2, 0) is 11.3 Å². The van der Waals surface area contributed by atoms with Crippen molar-refractivity contribution in [2.24, 2.45) is 0 Å². The van der Waals surface area contributed by atoms with Crippen molar-refractivity contribution >= 4 is 5.91 Å². The van der Waals surface area contributed by atoms with Crippen LogP contribution in [0.15, 0.2) is 18.2 Å². The first kappa shape index (κ1) is 15.3. The number of benzene rings is 1. The van der Waals surface area contributed by atoms with Crippen molar-refractivity contribution in [3.8, 4) is 11.5 Å². The standard InChI is InChI=1S/C14H22N2O3/c1-4-16-13(17)8-9-19-14-11(10-15-2)6-5-7-12(14)18-3/h5-7,15H,4,8-10H2,1-3H3,(H,16,17). The van der Waals surface area contributed by atoms with Gasteiger partial charge in [-0.15, -0.1) is 0 Å². The molecule has 0 aliphatic rings. The summed E-state index contributed by atoms with van der Waals surface area (Å²) in [5.74, 6) is 1.37. The monoisotopic (exact) mass is 266 g/mol. The first-order chi connectivity index (χ1) is 9.22. The van der Waals surface area contributed by atoms with Gasteiger partial charge in [0, 0.05) is 18.7 Å². The smallest absolute Gasteiger partial charge is 0.223 e. The third-order valence-corrected chi connectivity index (χ3v) is 2.60. The van der Waals surface area contributed by atoms with E-state index in [0.29, 0.717) is 37.6 Å². The third-order valence-electron chi connectivity index (χ3n) is 2.60. The minimum absolute atomic E-state index is 0.00688. The molecule has 0 saturated heterocycles. The topological polar surface area (TPSA) is 59.6 Å². The van der Waals surface area contributed by atoms with Crippen molar-refractivity contribution in [3.05, 3.63) is 23.8 Å². The van der Waals surface area contributed by atoms with E-state index in [0.717, 1.165) is 5.56 Å². The van der Waals surface area contributed by atoms with Crippen LogP contribution in [0.2, 0.25) is 0 Å². The van der Waals surface area contributed by atoms with E-state index in [1.165, 1.54) is 0 Å². The lowest BCUT2D eigenvalue weighted by atomic mass is 10.2. The van der Waals surface area contributed by atoms with Crippen molar-refractivity contribution in [2.45, 2.75) is 19.9 Å². The summed E-state index contributed by atoms with van der Waals surface area (Å²) in [5.41, 5.74) is 1.01. The van der Waals surface area contributed by atoms with Gasteiger partial charge in [0.25, 0.3) is 0 Å². The molecular weight excluding hydrogens is 244 g/mol. The molecule has 0 heterocycles. The van der Waals surface area contributed by atoms with E-state index in [1.807, 2.05) is 32.2 Å². The molecule has 0 radical (unpaired) electrons. The first-order valence-corrected chi connectivity index (χ1v) is 6.42. The second kappa shape index (κ2) is 8.37. The number of carbonyl (C=O) groups excluding carboxylic acids is 1. The average molecular weight is 266 g/mol. The molecule has 0 saturated carbocycles. The minimum Gasteiger partial charge on any atom is -0.493 e. The number of nitrogens with one attached hydrogen (secondary N) is 2. The molecule has 0 fully saturated rings. The Balaban J connectivity index is 2.66. The van der Waals surface area contributed by atoms with E-state index in [-0.39, 0.29) is 5.91 Å². The Morgan fingerprint density at radius 3 is 2.79 bits per heavy atom. The number of hydrogen-bond acceptors (Lipinski definition) is 4. The maximum absolute atomic E-state index is 11.4. The van der Waals surface area contributed by atoms with Crippen molar-refractivity contribution in [3.63, 3.8) is 0 Å². The van der Waals surface area contributed by atoms with Crippen LogP contribution >= 0.6 is 0 Å². The molecule has 106 valence electrons. The fourth-order valence-electron chi connectivity index (χ4n) is 1.75. The van der Waals surface area contributed by atoms with Gasteiger partial charge in [-0.2, -0.15) is 0 Å². The van der Waals surface area contributed by atoms with Gasteiger partial charge in [0.2, 0.25) is 5.91 Å². The minimum atomic E-state index is -0.00688. The van der Waals surface area contributed by atoms with E-state index in [4.69, 9.17) is 9.47 Å². The Hall–Kier alpha value is -1.75. The third kappa shape index (κ3) is 4.79. The highest BCUT2D eigenvalue weighted by Gasteiger charge is 2.10. The van der Waals surface area contributed by atoms with E-state index in [9.17, 15) is 4.79 Å². The molecule has 0 aliphatic heterocycles. The highest BCUT2D eigenvalue weighted by atomic mass is 16.5. The molecule has 2 N–H and O–H groups in total. The van der Waals surface area contributed by atoms with E-state index in [1.54, 1.807) is 7.11 Å². The summed E-state index contributed by atoms with van der Waals surface area (Å²) in [4.78, 5) is 11.4. The summed E-state index contributed by atoms with van der Waals surface area (Å²) in [6.45, 7) is 3.55. The van der Waals surface area contributed by atoms with E-state index < -0.39 is 0 Å². The van der Waals surface area contributed by atoms with E-state index >= 15 is 0 Å². The number of carbonyl (C=O) groups is 1. The lowest BCUT2D eigenvalue weighted by Gasteiger charge is -2.14. The van der Waals surface area contributed by atoms with Crippen LogP contribution in [0.1, 0.15) is 18.9 Å². The van der Waals surface area contributed by atoms with Crippen molar-refractivity contribution in [1.82, 2.24) is 10.6 Å². The zero-order valence-corrected chi connectivity index (χ0v) is 11.8. The Labute approximate surface area is 114 Å². The molecule has 19 heavy (non-hydrogen) atoms. The largest absolute Gasteiger partial charge is 0.493 e.